The highest BCUT2D eigenvalue weighted by Crippen LogP contribution is 2.29. The summed E-state index contributed by atoms with van der Waals surface area (Å²) in [5.74, 6) is -1.04. The number of Topliss-reactive ketones (excluding diaryl/α,β-unsaturated/α-hetero) is 1. The average molecular weight is 340 g/mol. The molecule has 0 unspecified atom stereocenters. The maximum Gasteiger partial charge on any atom is 0.304 e. The fourth-order valence-electron chi connectivity index (χ4n) is 3.29. The number of benzene rings is 2. The second-order valence-electron chi connectivity index (χ2n) is 6.40. The van der Waals surface area contributed by atoms with Crippen LogP contribution in [-0.4, -0.2) is 23.4 Å². The Labute approximate surface area is 145 Å². The Morgan fingerprint density at radius 3 is 2.52 bits per heavy atom. The number of hydrogen-bond acceptors (Lipinski definition) is 5. The molecule has 1 fully saturated rings. The monoisotopic (exact) mass is 340 g/mol. The number of nitrogens with two attached hydrogens (primary N) is 1. The van der Waals surface area contributed by atoms with Crippen molar-refractivity contribution in [1.82, 2.24) is 5.32 Å². The van der Waals surface area contributed by atoms with Crippen molar-refractivity contribution >= 4 is 34.1 Å². The lowest BCUT2D eigenvalue weighted by atomic mass is 9.90. The third-order valence-electron chi connectivity index (χ3n) is 4.36. The molecule has 1 amide bonds. The molecule has 130 valence electrons. The van der Waals surface area contributed by atoms with Gasteiger partial charge in [-0.2, -0.15) is 0 Å². The second-order valence-corrected chi connectivity index (χ2v) is 6.40. The smallest absolute Gasteiger partial charge is 0.304 e. The van der Waals surface area contributed by atoms with E-state index in [1.807, 2.05) is 24.3 Å². The van der Waals surface area contributed by atoms with Gasteiger partial charge < -0.3 is 15.8 Å². The predicted molar refractivity (Wildman–Crippen MR) is 93.8 cm³/mol. The van der Waals surface area contributed by atoms with E-state index >= 15 is 0 Å². The van der Waals surface area contributed by atoms with Crippen LogP contribution in [0.15, 0.2) is 36.4 Å². The molecule has 1 saturated carbocycles. The van der Waals surface area contributed by atoms with Gasteiger partial charge in [-0.25, -0.2) is 0 Å². The van der Waals surface area contributed by atoms with E-state index in [9.17, 15) is 14.4 Å². The number of carbonyl (C=O) groups excluding carboxylic acids is 3. The molecule has 1 atom stereocenters. The van der Waals surface area contributed by atoms with E-state index in [1.54, 1.807) is 12.1 Å². The average Bonchev–Trinajstić information content (AvgIpc) is 2.53. The van der Waals surface area contributed by atoms with E-state index in [2.05, 4.69) is 5.32 Å². The highest BCUT2D eigenvalue weighted by molar-refractivity contribution is 6.04. The molecule has 0 radical (unpaired) electrons. The zero-order valence-electron chi connectivity index (χ0n) is 14.0. The Morgan fingerprint density at radius 2 is 1.88 bits per heavy atom. The number of nitrogens with one attached hydrogen (secondary N) is 1. The second kappa shape index (κ2) is 6.55. The van der Waals surface area contributed by atoms with Crippen LogP contribution in [0.1, 0.15) is 43.0 Å². The number of esters is 1. The molecule has 0 aliphatic heterocycles. The zero-order chi connectivity index (χ0) is 18.0. The standard InChI is InChI=1S/C19H20N2O4/c1-12(22)25-19(8-4-7-15(23)11-19)21-18(24)16-9-13-5-2-3-6-14(13)10-17(16)20/h2-3,5-6,9-10H,4,7-8,11,20H2,1H3,(H,21,24)/t19-/m0/s1. The third-order valence-corrected chi connectivity index (χ3v) is 4.36. The molecule has 2 aromatic carbocycles. The van der Waals surface area contributed by atoms with Crippen molar-refractivity contribution in [3.05, 3.63) is 42.0 Å². The summed E-state index contributed by atoms with van der Waals surface area (Å²) in [4.78, 5) is 36.1. The minimum absolute atomic E-state index is 0.0220. The highest BCUT2D eigenvalue weighted by atomic mass is 16.6. The van der Waals surface area contributed by atoms with E-state index in [-0.39, 0.29) is 12.2 Å². The molecule has 1 aliphatic rings. The molecule has 0 heterocycles. The van der Waals surface area contributed by atoms with Crippen molar-refractivity contribution in [3.8, 4) is 0 Å². The van der Waals surface area contributed by atoms with Crippen LogP contribution in [0, 0.1) is 0 Å². The van der Waals surface area contributed by atoms with Crippen LogP contribution < -0.4 is 11.1 Å². The van der Waals surface area contributed by atoms with Crippen LogP contribution in [0.25, 0.3) is 10.8 Å². The minimum atomic E-state index is -1.30. The first kappa shape index (κ1) is 17.0. The fraction of sp³-hybridized carbons (Fsp3) is 0.316. The Morgan fingerprint density at radius 1 is 1.20 bits per heavy atom. The first-order valence-electron chi connectivity index (χ1n) is 8.21. The number of nitrogen functional groups attached to an aromatic ring is 1. The molecule has 0 aromatic heterocycles. The minimum Gasteiger partial charge on any atom is -0.439 e. The molecule has 6 nitrogen and oxygen atoms in total. The normalized spacial score (nSPS) is 20.3. The summed E-state index contributed by atoms with van der Waals surface area (Å²) in [6, 6.07) is 11.0. The Hall–Kier alpha value is -2.89. The van der Waals surface area contributed by atoms with Gasteiger partial charge >= 0.3 is 5.97 Å². The molecular formula is C19H20N2O4. The van der Waals surface area contributed by atoms with Crippen LogP contribution in [0.5, 0.6) is 0 Å². The third kappa shape index (κ3) is 3.63. The van der Waals surface area contributed by atoms with Gasteiger partial charge in [-0.3, -0.25) is 14.4 Å². The molecule has 3 N–H and O–H groups in total. The van der Waals surface area contributed by atoms with E-state index in [0.29, 0.717) is 30.5 Å². The van der Waals surface area contributed by atoms with Crippen molar-refractivity contribution in [2.24, 2.45) is 0 Å². The van der Waals surface area contributed by atoms with E-state index < -0.39 is 17.6 Å². The summed E-state index contributed by atoms with van der Waals surface area (Å²) in [7, 11) is 0. The number of hydrogen-bond donors (Lipinski definition) is 2. The van der Waals surface area contributed by atoms with Gasteiger partial charge in [0.25, 0.3) is 5.91 Å². The Bertz CT molecular complexity index is 858. The summed E-state index contributed by atoms with van der Waals surface area (Å²) >= 11 is 0. The van der Waals surface area contributed by atoms with Gasteiger partial charge in [-0.1, -0.05) is 24.3 Å². The summed E-state index contributed by atoms with van der Waals surface area (Å²) in [5.41, 5.74) is 5.36. The number of carbonyl (C=O) groups is 3. The van der Waals surface area contributed by atoms with Crippen LogP contribution in [0.2, 0.25) is 0 Å². The topological polar surface area (TPSA) is 98.5 Å². The molecule has 0 spiro atoms. The van der Waals surface area contributed by atoms with E-state index in [1.165, 1.54) is 6.92 Å². The van der Waals surface area contributed by atoms with Crippen molar-refractivity contribution in [1.29, 1.82) is 0 Å². The number of fused-ring (bicyclic) bond motifs is 1. The van der Waals surface area contributed by atoms with Crippen molar-refractivity contribution in [2.45, 2.75) is 38.3 Å². The predicted octanol–water partition coefficient (Wildman–Crippen LogP) is 2.55. The zero-order valence-corrected chi connectivity index (χ0v) is 14.0. The van der Waals surface area contributed by atoms with E-state index in [4.69, 9.17) is 10.5 Å². The summed E-state index contributed by atoms with van der Waals surface area (Å²) in [6.07, 6.45) is 1.36. The fourth-order valence-corrected chi connectivity index (χ4v) is 3.29. The number of ether oxygens (including phenoxy) is 1. The lowest BCUT2D eigenvalue weighted by Crippen LogP contribution is -2.54. The number of ketones is 1. The van der Waals surface area contributed by atoms with Crippen molar-refractivity contribution < 1.29 is 19.1 Å². The molecule has 3 rings (SSSR count). The molecule has 25 heavy (non-hydrogen) atoms. The lowest BCUT2D eigenvalue weighted by Gasteiger charge is -2.36. The maximum atomic E-state index is 12.8. The van der Waals surface area contributed by atoms with Gasteiger partial charge in [0.1, 0.15) is 5.78 Å². The largest absolute Gasteiger partial charge is 0.439 e. The van der Waals surface area contributed by atoms with Crippen LogP contribution >= 0.6 is 0 Å². The van der Waals surface area contributed by atoms with Crippen LogP contribution in [0.3, 0.4) is 0 Å². The van der Waals surface area contributed by atoms with Gasteiger partial charge in [0.15, 0.2) is 5.72 Å². The lowest BCUT2D eigenvalue weighted by molar-refractivity contribution is -0.165. The molecule has 2 aromatic rings. The molecule has 6 heteroatoms. The summed E-state index contributed by atoms with van der Waals surface area (Å²) in [5, 5.41) is 4.54. The van der Waals surface area contributed by atoms with Gasteiger partial charge in [0.2, 0.25) is 0 Å². The van der Waals surface area contributed by atoms with Gasteiger partial charge in [-0.15, -0.1) is 0 Å². The molecular weight excluding hydrogens is 320 g/mol. The molecule has 0 bridgehead atoms. The molecule has 0 saturated heterocycles. The molecule has 1 aliphatic carbocycles. The first-order valence-corrected chi connectivity index (χ1v) is 8.21. The van der Waals surface area contributed by atoms with Gasteiger partial charge in [-0.05, 0) is 29.3 Å². The van der Waals surface area contributed by atoms with E-state index in [0.717, 1.165) is 10.8 Å². The van der Waals surface area contributed by atoms with Crippen molar-refractivity contribution in [3.63, 3.8) is 0 Å². The van der Waals surface area contributed by atoms with Gasteiger partial charge in [0.05, 0.1) is 12.0 Å². The van der Waals surface area contributed by atoms with Crippen LogP contribution in [-0.2, 0) is 14.3 Å². The SMILES string of the molecule is CC(=O)O[C@@]1(NC(=O)c2cc3ccccc3cc2N)CCCC(=O)C1. The first-order chi connectivity index (χ1) is 11.9. The number of amides is 1. The van der Waals surface area contributed by atoms with Crippen LogP contribution in [0.4, 0.5) is 5.69 Å². The Balaban J connectivity index is 1.92. The number of rotatable bonds is 3. The maximum absolute atomic E-state index is 12.8. The Kier molecular flexibility index (Phi) is 4.44. The van der Waals surface area contributed by atoms with Crippen molar-refractivity contribution in [2.75, 3.05) is 5.73 Å². The summed E-state index contributed by atoms with van der Waals surface area (Å²) in [6.45, 7) is 1.26. The van der Waals surface area contributed by atoms with Gasteiger partial charge in [0, 0.05) is 25.5 Å². The number of anilines is 1. The quantitative estimate of drug-likeness (QED) is 0.508. The highest BCUT2D eigenvalue weighted by Gasteiger charge is 2.40. The summed E-state index contributed by atoms with van der Waals surface area (Å²) < 4.78 is 5.34.